The molecule has 20 heavy (non-hydrogen) atoms. The quantitative estimate of drug-likeness (QED) is 0.910. The van der Waals surface area contributed by atoms with Crippen LogP contribution in [0.25, 0.3) is 11.0 Å². The zero-order valence-corrected chi connectivity index (χ0v) is 12.0. The van der Waals surface area contributed by atoms with Crippen LogP contribution in [0.2, 0.25) is 0 Å². The molecule has 0 aliphatic carbocycles. The van der Waals surface area contributed by atoms with Crippen LogP contribution in [0.3, 0.4) is 0 Å². The number of carbonyl (C=O) groups excluding carboxylic acids is 1. The number of H-pyrrole nitrogens is 1. The predicted octanol–water partition coefficient (Wildman–Crippen LogP) is 2.51. The van der Waals surface area contributed by atoms with E-state index in [1.807, 2.05) is 32.0 Å². The van der Waals surface area contributed by atoms with E-state index >= 15 is 0 Å². The van der Waals surface area contributed by atoms with Gasteiger partial charge in [0.15, 0.2) is 5.82 Å². The highest BCUT2D eigenvalue weighted by molar-refractivity contribution is 8.14. The lowest BCUT2D eigenvalue weighted by Crippen LogP contribution is -2.30. The van der Waals surface area contributed by atoms with Crippen molar-refractivity contribution in [3.8, 4) is 5.75 Å². The smallest absolute Gasteiger partial charge is 0.299 e. The molecule has 0 saturated heterocycles. The van der Waals surface area contributed by atoms with Crippen molar-refractivity contribution in [2.45, 2.75) is 19.1 Å². The van der Waals surface area contributed by atoms with Gasteiger partial charge in [-0.25, -0.2) is 10.4 Å². The van der Waals surface area contributed by atoms with Crippen LogP contribution in [0, 0.1) is 0 Å². The molecule has 1 unspecified atom stereocenters. The molecule has 0 bridgehead atoms. The van der Waals surface area contributed by atoms with Gasteiger partial charge in [0.25, 0.3) is 5.24 Å². The van der Waals surface area contributed by atoms with Crippen LogP contribution in [0.15, 0.2) is 23.3 Å². The number of ether oxygens (including phenoxy) is 1. The van der Waals surface area contributed by atoms with Crippen molar-refractivity contribution >= 4 is 33.7 Å². The first-order chi connectivity index (χ1) is 9.67. The number of hydrazone groups is 1. The highest BCUT2D eigenvalue weighted by Crippen LogP contribution is 2.23. The van der Waals surface area contributed by atoms with Gasteiger partial charge in [0.1, 0.15) is 11.5 Å². The number of aromatic amines is 1. The van der Waals surface area contributed by atoms with Gasteiger partial charge in [0, 0.05) is 6.07 Å². The minimum atomic E-state index is -0.143. The summed E-state index contributed by atoms with van der Waals surface area (Å²) in [5.41, 5.74) is 4.94. The number of nitrogens with one attached hydrogen (secondary N) is 2. The Bertz CT molecular complexity index is 695. The molecule has 1 aromatic heterocycles. The normalized spacial score (nSPS) is 18.8. The van der Waals surface area contributed by atoms with Gasteiger partial charge in [-0.2, -0.15) is 5.10 Å². The number of carbonyl (C=O) groups is 1. The van der Waals surface area contributed by atoms with E-state index in [2.05, 4.69) is 20.5 Å². The van der Waals surface area contributed by atoms with Crippen LogP contribution in [0.4, 0.5) is 4.79 Å². The number of hydrogen-bond acceptors (Lipinski definition) is 5. The van der Waals surface area contributed by atoms with Crippen molar-refractivity contribution in [3.05, 3.63) is 24.0 Å². The summed E-state index contributed by atoms with van der Waals surface area (Å²) in [6, 6.07) is 5.70. The third-order valence-electron chi connectivity index (χ3n) is 2.94. The molecular formula is C13H14N4O2S. The number of fused-ring (bicyclic) bond motifs is 1. The summed E-state index contributed by atoms with van der Waals surface area (Å²) in [6.45, 7) is 4.50. The number of aromatic nitrogens is 2. The minimum Gasteiger partial charge on any atom is -0.494 e. The first-order valence-electron chi connectivity index (χ1n) is 6.34. The third-order valence-corrected chi connectivity index (χ3v) is 3.83. The predicted molar refractivity (Wildman–Crippen MR) is 79.4 cm³/mol. The molecule has 2 aromatic rings. The second-order valence-electron chi connectivity index (χ2n) is 4.35. The summed E-state index contributed by atoms with van der Waals surface area (Å²) in [7, 11) is 0. The first-order valence-corrected chi connectivity index (χ1v) is 7.22. The van der Waals surface area contributed by atoms with Crippen LogP contribution >= 0.6 is 11.8 Å². The standard InChI is InChI=1S/C13H14N4O2S/c1-3-19-8-4-5-9-10(6-8)15-12(14-9)11-7(2)20-13(18)17-16-11/h4-7H,3H2,1-2H3,(H,14,15)(H,17,18). The maximum absolute atomic E-state index is 11.2. The average molecular weight is 290 g/mol. The molecule has 6 nitrogen and oxygen atoms in total. The maximum atomic E-state index is 11.2. The number of nitrogens with zero attached hydrogens (tertiary/aromatic N) is 2. The summed E-state index contributed by atoms with van der Waals surface area (Å²) in [6.07, 6.45) is 0. The number of thioether (sulfide) groups is 1. The van der Waals surface area contributed by atoms with Crippen molar-refractivity contribution in [1.29, 1.82) is 0 Å². The monoisotopic (exact) mass is 290 g/mol. The first kappa shape index (κ1) is 13.0. The van der Waals surface area contributed by atoms with Crippen molar-refractivity contribution in [1.82, 2.24) is 15.4 Å². The topological polar surface area (TPSA) is 79.4 Å². The third kappa shape index (κ3) is 2.36. The van der Waals surface area contributed by atoms with E-state index in [4.69, 9.17) is 4.74 Å². The molecule has 0 radical (unpaired) electrons. The Labute approximate surface area is 120 Å². The highest BCUT2D eigenvalue weighted by Gasteiger charge is 2.24. The van der Waals surface area contributed by atoms with Crippen molar-refractivity contribution in [3.63, 3.8) is 0 Å². The molecule has 1 aromatic carbocycles. The van der Waals surface area contributed by atoms with E-state index in [9.17, 15) is 4.79 Å². The fourth-order valence-electron chi connectivity index (χ4n) is 2.05. The van der Waals surface area contributed by atoms with E-state index < -0.39 is 0 Å². The highest BCUT2D eigenvalue weighted by atomic mass is 32.2. The molecule has 1 aliphatic rings. The van der Waals surface area contributed by atoms with Gasteiger partial charge in [0.05, 0.1) is 22.9 Å². The molecule has 104 valence electrons. The molecule has 7 heteroatoms. The van der Waals surface area contributed by atoms with Crippen LogP contribution in [-0.4, -0.2) is 32.8 Å². The zero-order chi connectivity index (χ0) is 14.1. The van der Waals surface area contributed by atoms with Gasteiger partial charge < -0.3 is 9.72 Å². The van der Waals surface area contributed by atoms with E-state index in [-0.39, 0.29) is 10.5 Å². The summed E-state index contributed by atoms with van der Waals surface area (Å²) in [4.78, 5) is 19.0. The Balaban J connectivity index is 1.98. The number of amides is 1. The summed E-state index contributed by atoms with van der Waals surface area (Å²) in [5.74, 6) is 1.48. The SMILES string of the molecule is CCOc1ccc2nc(C3=NNC(=O)SC3C)[nH]c2c1. The second kappa shape index (κ2) is 5.16. The lowest BCUT2D eigenvalue weighted by atomic mass is 10.3. The Morgan fingerprint density at radius 3 is 3.05 bits per heavy atom. The van der Waals surface area contributed by atoms with Gasteiger partial charge in [-0.3, -0.25) is 4.79 Å². The van der Waals surface area contributed by atoms with E-state index in [1.165, 1.54) is 11.8 Å². The molecule has 0 saturated carbocycles. The van der Waals surface area contributed by atoms with Crippen LogP contribution in [0.5, 0.6) is 5.75 Å². The molecular weight excluding hydrogens is 276 g/mol. The number of hydrogen-bond donors (Lipinski definition) is 2. The van der Waals surface area contributed by atoms with Gasteiger partial charge in [0.2, 0.25) is 0 Å². The average Bonchev–Trinajstić information content (AvgIpc) is 2.81. The summed E-state index contributed by atoms with van der Waals surface area (Å²) < 4.78 is 5.46. The maximum Gasteiger partial charge on any atom is 0.299 e. The van der Waals surface area contributed by atoms with Gasteiger partial charge in [-0.05, 0) is 26.0 Å². The molecule has 3 rings (SSSR count). The lowest BCUT2D eigenvalue weighted by molar-refractivity contribution is 0.261. The van der Waals surface area contributed by atoms with Crippen molar-refractivity contribution in [2.24, 2.45) is 5.10 Å². The van der Waals surface area contributed by atoms with Gasteiger partial charge in [-0.15, -0.1) is 0 Å². The molecule has 2 N–H and O–H groups in total. The summed E-state index contributed by atoms with van der Waals surface area (Å²) >= 11 is 1.20. The number of rotatable bonds is 3. The van der Waals surface area contributed by atoms with Crippen LogP contribution < -0.4 is 10.2 Å². The van der Waals surface area contributed by atoms with Crippen LogP contribution in [-0.2, 0) is 0 Å². The molecule has 0 spiro atoms. The van der Waals surface area contributed by atoms with E-state index in [1.54, 1.807) is 0 Å². The fourth-order valence-corrected chi connectivity index (χ4v) is 2.75. The zero-order valence-electron chi connectivity index (χ0n) is 11.1. The Morgan fingerprint density at radius 2 is 2.30 bits per heavy atom. The Hall–Kier alpha value is -2.02. The van der Waals surface area contributed by atoms with Gasteiger partial charge in [-0.1, -0.05) is 11.8 Å². The van der Waals surface area contributed by atoms with Crippen molar-refractivity contribution < 1.29 is 9.53 Å². The van der Waals surface area contributed by atoms with Crippen molar-refractivity contribution in [2.75, 3.05) is 6.61 Å². The van der Waals surface area contributed by atoms with Gasteiger partial charge >= 0.3 is 0 Å². The lowest BCUT2D eigenvalue weighted by Gasteiger charge is -2.16. The fraction of sp³-hybridized carbons (Fsp3) is 0.308. The Morgan fingerprint density at radius 1 is 1.45 bits per heavy atom. The Kier molecular flexibility index (Phi) is 3.35. The summed E-state index contributed by atoms with van der Waals surface area (Å²) in [5, 5.41) is 3.91. The van der Waals surface area contributed by atoms with E-state index in [0.717, 1.165) is 22.5 Å². The van der Waals surface area contributed by atoms with E-state index in [0.29, 0.717) is 12.4 Å². The molecule has 1 amide bonds. The number of imidazole rings is 1. The largest absolute Gasteiger partial charge is 0.494 e. The molecule has 0 fully saturated rings. The second-order valence-corrected chi connectivity index (χ2v) is 5.67. The molecule has 1 aliphatic heterocycles. The molecule has 2 heterocycles. The number of benzene rings is 1. The minimum absolute atomic E-state index is 0.0318. The molecule has 1 atom stereocenters. The van der Waals surface area contributed by atoms with Crippen LogP contribution in [0.1, 0.15) is 19.7 Å².